The first-order valence-corrected chi connectivity index (χ1v) is 11.0. The smallest absolute Gasteiger partial charge is 0.271 e. The molecule has 7 heteroatoms. The largest absolute Gasteiger partial charge is 0.495 e. The summed E-state index contributed by atoms with van der Waals surface area (Å²) in [5, 5.41) is 4.11. The molecule has 2 aliphatic rings. The molecule has 0 bridgehead atoms. The molecular weight excluding hydrogens is 409 g/mol. The fraction of sp³-hybridized carbons (Fsp3) is 0.360. The van der Waals surface area contributed by atoms with Gasteiger partial charge in [0.05, 0.1) is 24.2 Å². The molecule has 3 heterocycles. The molecule has 0 radical (unpaired) electrons. The van der Waals surface area contributed by atoms with Crippen LogP contribution in [0, 0.1) is 12.7 Å². The number of carbonyl (C=O) groups excluding carboxylic acids is 2. The van der Waals surface area contributed by atoms with Crippen LogP contribution in [0.5, 0.6) is 5.75 Å². The highest BCUT2D eigenvalue weighted by atomic mass is 19.1. The van der Waals surface area contributed by atoms with Crippen molar-refractivity contribution in [2.75, 3.05) is 13.7 Å². The number of aromatic nitrogens is 1. The Morgan fingerprint density at radius 3 is 2.66 bits per heavy atom. The molecular formula is C25H26FN3O3. The van der Waals surface area contributed by atoms with E-state index in [0.29, 0.717) is 30.8 Å². The van der Waals surface area contributed by atoms with Crippen molar-refractivity contribution in [3.8, 4) is 5.75 Å². The highest BCUT2D eigenvalue weighted by molar-refractivity contribution is 6.02. The molecule has 5 rings (SSSR count). The third-order valence-corrected chi connectivity index (χ3v) is 6.98. The molecule has 2 aliphatic heterocycles. The molecule has 32 heavy (non-hydrogen) atoms. The molecule has 6 nitrogen and oxygen atoms in total. The first kappa shape index (κ1) is 20.5. The van der Waals surface area contributed by atoms with Crippen LogP contribution in [0.25, 0.3) is 10.9 Å². The third kappa shape index (κ3) is 3.15. The number of halogens is 1. The Morgan fingerprint density at radius 2 is 1.97 bits per heavy atom. The number of ether oxygens (including phenoxy) is 1. The van der Waals surface area contributed by atoms with Gasteiger partial charge in [-0.05, 0) is 55.5 Å². The Bertz CT molecular complexity index is 1200. The van der Waals surface area contributed by atoms with E-state index in [1.54, 1.807) is 19.2 Å². The number of nitrogens with zero attached hydrogens (tertiary/aromatic N) is 1. The average molecular weight is 435 g/mol. The van der Waals surface area contributed by atoms with Gasteiger partial charge in [0.2, 0.25) is 5.91 Å². The molecule has 3 aromatic rings. The van der Waals surface area contributed by atoms with Gasteiger partial charge in [0.15, 0.2) is 0 Å². The number of piperidine rings is 1. The maximum atomic E-state index is 13.9. The van der Waals surface area contributed by atoms with Gasteiger partial charge >= 0.3 is 0 Å². The van der Waals surface area contributed by atoms with Gasteiger partial charge in [-0.2, -0.15) is 0 Å². The van der Waals surface area contributed by atoms with E-state index in [1.165, 1.54) is 12.1 Å². The van der Waals surface area contributed by atoms with Crippen LogP contribution in [0.2, 0.25) is 0 Å². The van der Waals surface area contributed by atoms with Crippen LogP contribution in [0.1, 0.15) is 53.3 Å². The molecule has 2 amide bonds. The summed E-state index contributed by atoms with van der Waals surface area (Å²) in [5.74, 6) is 0.219. The Hall–Kier alpha value is -3.35. The van der Waals surface area contributed by atoms with E-state index in [4.69, 9.17) is 4.74 Å². The van der Waals surface area contributed by atoms with Gasteiger partial charge in [-0.25, -0.2) is 4.39 Å². The van der Waals surface area contributed by atoms with Crippen molar-refractivity contribution in [2.24, 2.45) is 0 Å². The second-order valence-electron chi connectivity index (χ2n) is 8.77. The lowest BCUT2D eigenvalue weighted by Gasteiger charge is -2.48. The van der Waals surface area contributed by atoms with E-state index in [9.17, 15) is 14.0 Å². The van der Waals surface area contributed by atoms with Gasteiger partial charge in [-0.15, -0.1) is 0 Å². The number of para-hydroxylation sites is 1. The molecule has 2 saturated heterocycles. The van der Waals surface area contributed by atoms with Crippen molar-refractivity contribution in [3.05, 3.63) is 65.1 Å². The molecule has 2 N–H and O–H groups in total. The van der Waals surface area contributed by atoms with Crippen molar-refractivity contribution in [3.63, 3.8) is 0 Å². The SMILES string of the molecule is COc1cccc2c(C)c(C(=O)N3CCC[C@]4(CCC(=O)N4)[C@H]3c3ccc(F)cc3)[nH]c12. The second kappa shape index (κ2) is 7.65. The summed E-state index contributed by atoms with van der Waals surface area (Å²) < 4.78 is 19.2. The van der Waals surface area contributed by atoms with E-state index in [1.807, 2.05) is 30.0 Å². The Labute approximate surface area is 185 Å². The number of aryl methyl sites for hydroxylation is 1. The zero-order chi connectivity index (χ0) is 22.5. The number of nitrogens with one attached hydrogen (secondary N) is 2. The van der Waals surface area contributed by atoms with Crippen LogP contribution in [-0.4, -0.2) is 40.9 Å². The number of fused-ring (bicyclic) bond motifs is 1. The second-order valence-corrected chi connectivity index (χ2v) is 8.77. The summed E-state index contributed by atoms with van der Waals surface area (Å²) in [5.41, 5.74) is 2.44. The van der Waals surface area contributed by atoms with Gasteiger partial charge in [0.1, 0.15) is 17.3 Å². The highest BCUT2D eigenvalue weighted by Crippen LogP contribution is 2.45. The minimum atomic E-state index is -0.541. The summed E-state index contributed by atoms with van der Waals surface area (Å²) in [6, 6.07) is 11.6. The number of H-pyrrole nitrogens is 1. The molecule has 1 aromatic heterocycles. The first-order chi connectivity index (χ1) is 15.4. The van der Waals surface area contributed by atoms with Gasteiger partial charge in [0, 0.05) is 18.4 Å². The first-order valence-electron chi connectivity index (χ1n) is 11.0. The van der Waals surface area contributed by atoms with E-state index < -0.39 is 5.54 Å². The van der Waals surface area contributed by atoms with Gasteiger partial charge in [-0.3, -0.25) is 9.59 Å². The Kier molecular flexibility index (Phi) is 4.92. The normalized spacial score (nSPS) is 23.0. The van der Waals surface area contributed by atoms with Crippen LogP contribution >= 0.6 is 0 Å². The number of amides is 2. The molecule has 0 saturated carbocycles. The van der Waals surface area contributed by atoms with Gasteiger partial charge in [0.25, 0.3) is 5.91 Å². The van der Waals surface area contributed by atoms with E-state index in [-0.39, 0.29) is 23.7 Å². The summed E-state index contributed by atoms with van der Waals surface area (Å²) >= 11 is 0. The number of aromatic amines is 1. The number of methoxy groups -OCH3 is 1. The summed E-state index contributed by atoms with van der Waals surface area (Å²) in [6.45, 7) is 2.49. The monoisotopic (exact) mass is 435 g/mol. The number of benzene rings is 2. The van der Waals surface area contributed by atoms with Crippen molar-refractivity contribution in [2.45, 2.75) is 44.2 Å². The Morgan fingerprint density at radius 1 is 1.19 bits per heavy atom. The minimum absolute atomic E-state index is 0.00191. The predicted molar refractivity (Wildman–Crippen MR) is 119 cm³/mol. The van der Waals surface area contributed by atoms with Gasteiger partial charge < -0.3 is 19.9 Å². The molecule has 1 spiro atoms. The minimum Gasteiger partial charge on any atom is -0.495 e. The van der Waals surface area contributed by atoms with Crippen LogP contribution in [0.4, 0.5) is 4.39 Å². The summed E-state index contributed by atoms with van der Waals surface area (Å²) in [4.78, 5) is 31.3. The molecule has 2 atom stereocenters. The lowest BCUT2D eigenvalue weighted by atomic mass is 9.76. The number of hydrogen-bond donors (Lipinski definition) is 2. The van der Waals surface area contributed by atoms with Crippen molar-refractivity contribution in [1.82, 2.24) is 15.2 Å². The van der Waals surface area contributed by atoms with Crippen LogP contribution < -0.4 is 10.1 Å². The topological polar surface area (TPSA) is 74.4 Å². The number of carbonyl (C=O) groups is 2. The van der Waals surface area contributed by atoms with E-state index >= 15 is 0 Å². The van der Waals surface area contributed by atoms with E-state index in [2.05, 4.69) is 10.3 Å². The van der Waals surface area contributed by atoms with Crippen LogP contribution in [0.3, 0.4) is 0 Å². The maximum Gasteiger partial charge on any atom is 0.271 e. The molecule has 0 unspecified atom stereocenters. The quantitative estimate of drug-likeness (QED) is 0.646. The number of rotatable bonds is 3. The number of hydrogen-bond acceptors (Lipinski definition) is 3. The molecule has 2 aromatic carbocycles. The Balaban J connectivity index is 1.61. The third-order valence-electron chi connectivity index (χ3n) is 6.98. The molecule has 166 valence electrons. The van der Waals surface area contributed by atoms with Gasteiger partial charge in [-0.1, -0.05) is 24.3 Å². The number of likely N-dealkylation sites (tertiary alicyclic amines) is 1. The fourth-order valence-electron chi connectivity index (χ4n) is 5.48. The lowest BCUT2D eigenvalue weighted by Crippen LogP contribution is -2.58. The summed E-state index contributed by atoms with van der Waals surface area (Å²) in [7, 11) is 1.61. The van der Waals surface area contributed by atoms with Crippen LogP contribution in [-0.2, 0) is 4.79 Å². The maximum absolute atomic E-state index is 13.9. The molecule has 2 fully saturated rings. The van der Waals surface area contributed by atoms with Crippen molar-refractivity contribution in [1.29, 1.82) is 0 Å². The van der Waals surface area contributed by atoms with E-state index in [0.717, 1.165) is 34.9 Å². The zero-order valence-electron chi connectivity index (χ0n) is 18.2. The average Bonchev–Trinajstić information content (AvgIpc) is 3.34. The summed E-state index contributed by atoms with van der Waals surface area (Å²) in [6.07, 6.45) is 2.65. The highest BCUT2D eigenvalue weighted by Gasteiger charge is 2.51. The predicted octanol–water partition coefficient (Wildman–Crippen LogP) is 4.25. The zero-order valence-corrected chi connectivity index (χ0v) is 18.2. The van der Waals surface area contributed by atoms with Crippen LogP contribution in [0.15, 0.2) is 42.5 Å². The molecule has 0 aliphatic carbocycles. The fourth-order valence-corrected chi connectivity index (χ4v) is 5.48. The van der Waals surface area contributed by atoms with Crippen molar-refractivity contribution < 1.29 is 18.7 Å². The lowest BCUT2D eigenvalue weighted by molar-refractivity contribution is -0.120. The standard InChI is InChI=1S/C25H26FN3O3/c1-15-18-5-3-6-19(32-2)22(18)27-21(15)24(31)29-14-4-12-25(13-11-20(30)28-25)23(29)16-7-9-17(26)10-8-16/h3,5-10,23,27H,4,11-14H2,1-2H3,(H,28,30)/t23-,25+/m1/s1. The van der Waals surface area contributed by atoms with Crippen molar-refractivity contribution >= 4 is 22.7 Å².